The van der Waals surface area contributed by atoms with Gasteiger partial charge in [-0.3, -0.25) is 4.79 Å². The number of nitrogens with one attached hydrogen (secondary N) is 1. The minimum atomic E-state index is -0.502. The van der Waals surface area contributed by atoms with Gasteiger partial charge in [-0.2, -0.15) is 5.26 Å². The number of aryl methyl sites for hydroxylation is 2. The van der Waals surface area contributed by atoms with Gasteiger partial charge in [-0.1, -0.05) is 47.5 Å². The molecule has 3 aromatic rings. The second kappa shape index (κ2) is 11.0. The van der Waals surface area contributed by atoms with E-state index in [1.807, 2.05) is 56.3 Å². The Bertz CT molecular complexity index is 1230. The summed E-state index contributed by atoms with van der Waals surface area (Å²) in [6.07, 6.45) is 1.54. The topological polar surface area (TPSA) is 62.1 Å². The van der Waals surface area contributed by atoms with Gasteiger partial charge in [0.1, 0.15) is 24.0 Å². The number of nitriles is 1. The van der Waals surface area contributed by atoms with Gasteiger partial charge in [0.25, 0.3) is 5.91 Å². The zero-order valence-electron chi connectivity index (χ0n) is 17.4. The number of anilines is 1. The molecule has 0 atom stereocenters. The number of carbonyl (C=O) groups is 1. The van der Waals surface area contributed by atoms with E-state index in [9.17, 15) is 10.1 Å². The van der Waals surface area contributed by atoms with Crippen molar-refractivity contribution in [3.05, 3.63) is 95.5 Å². The van der Waals surface area contributed by atoms with Crippen molar-refractivity contribution in [2.45, 2.75) is 20.5 Å². The highest BCUT2D eigenvalue weighted by atomic mass is 127. The number of amides is 1. The molecule has 0 spiro atoms. The van der Waals surface area contributed by atoms with Crippen LogP contribution in [0.2, 0.25) is 5.02 Å². The molecule has 0 saturated carbocycles. The van der Waals surface area contributed by atoms with Gasteiger partial charge in [-0.05, 0) is 99.4 Å². The first-order valence-corrected chi connectivity index (χ1v) is 11.9. The number of halogens is 3. The minimum Gasteiger partial charge on any atom is -0.487 e. The molecule has 1 amide bonds. The summed E-state index contributed by atoms with van der Waals surface area (Å²) in [6, 6.07) is 19.0. The van der Waals surface area contributed by atoms with Gasteiger partial charge in [-0.15, -0.1) is 0 Å². The van der Waals surface area contributed by atoms with E-state index in [1.165, 1.54) is 5.56 Å². The molecule has 0 aromatic heterocycles. The summed E-state index contributed by atoms with van der Waals surface area (Å²) in [7, 11) is 0. The summed E-state index contributed by atoms with van der Waals surface area (Å²) in [6.45, 7) is 4.36. The molecule has 32 heavy (non-hydrogen) atoms. The Morgan fingerprint density at radius 2 is 2.00 bits per heavy atom. The first-order chi connectivity index (χ1) is 15.3. The summed E-state index contributed by atoms with van der Waals surface area (Å²) in [5.41, 5.74) is 4.38. The molecular weight excluding hydrogens is 603 g/mol. The number of hydrogen-bond donors (Lipinski definition) is 1. The number of carbonyl (C=O) groups excluding carboxylic acids is 1. The summed E-state index contributed by atoms with van der Waals surface area (Å²) >= 11 is 11.8. The van der Waals surface area contributed by atoms with Crippen molar-refractivity contribution in [3.63, 3.8) is 0 Å². The van der Waals surface area contributed by atoms with Gasteiger partial charge in [0.05, 0.1) is 8.04 Å². The Morgan fingerprint density at radius 3 is 2.66 bits per heavy atom. The van der Waals surface area contributed by atoms with Crippen LogP contribution in [-0.4, -0.2) is 5.91 Å². The van der Waals surface area contributed by atoms with Crippen molar-refractivity contribution >= 4 is 67.8 Å². The maximum atomic E-state index is 12.6. The van der Waals surface area contributed by atoms with Crippen molar-refractivity contribution in [2.24, 2.45) is 0 Å². The average Bonchev–Trinajstić information content (AvgIpc) is 2.74. The van der Waals surface area contributed by atoms with E-state index >= 15 is 0 Å². The van der Waals surface area contributed by atoms with Crippen molar-refractivity contribution in [1.82, 2.24) is 0 Å². The molecule has 7 heteroatoms. The monoisotopic (exact) mass is 620 g/mol. The second-order valence-corrected chi connectivity index (χ2v) is 9.60. The molecule has 0 unspecified atom stereocenters. The van der Waals surface area contributed by atoms with Gasteiger partial charge in [0.2, 0.25) is 0 Å². The van der Waals surface area contributed by atoms with Crippen LogP contribution >= 0.6 is 50.1 Å². The fraction of sp³-hybridized carbons (Fsp3) is 0.120. The first kappa shape index (κ1) is 24.3. The molecule has 162 valence electrons. The Kier molecular flexibility index (Phi) is 8.35. The fourth-order valence-corrected chi connectivity index (χ4v) is 4.89. The summed E-state index contributed by atoms with van der Waals surface area (Å²) < 4.78 is 7.61. The van der Waals surface area contributed by atoms with Crippen LogP contribution in [-0.2, 0) is 11.4 Å². The van der Waals surface area contributed by atoms with Gasteiger partial charge in [0, 0.05) is 10.7 Å². The minimum absolute atomic E-state index is 0.0159. The van der Waals surface area contributed by atoms with Crippen molar-refractivity contribution in [3.8, 4) is 11.8 Å². The molecular formula is C25H19BrClIN2O2. The van der Waals surface area contributed by atoms with E-state index in [0.29, 0.717) is 28.6 Å². The van der Waals surface area contributed by atoms with E-state index in [1.54, 1.807) is 18.2 Å². The zero-order chi connectivity index (χ0) is 23.3. The Morgan fingerprint density at radius 1 is 1.22 bits per heavy atom. The van der Waals surface area contributed by atoms with Crippen LogP contribution in [0.1, 0.15) is 22.3 Å². The molecule has 0 radical (unpaired) electrons. The predicted molar refractivity (Wildman–Crippen MR) is 141 cm³/mol. The van der Waals surface area contributed by atoms with Crippen LogP contribution in [0.15, 0.2) is 64.6 Å². The number of hydrogen-bond acceptors (Lipinski definition) is 3. The highest BCUT2D eigenvalue weighted by Gasteiger charge is 2.13. The Labute approximate surface area is 214 Å². The van der Waals surface area contributed by atoms with E-state index < -0.39 is 5.91 Å². The number of nitrogens with zero attached hydrogens (tertiary/aromatic N) is 1. The fourth-order valence-electron chi connectivity index (χ4n) is 2.94. The van der Waals surface area contributed by atoms with Crippen molar-refractivity contribution in [1.29, 1.82) is 5.26 Å². The lowest BCUT2D eigenvalue weighted by molar-refractivity contribution is -0.112. The van der Waals surface area contributed by atoms with Gasteiger partial charge in [0.15, 0.2) is 0 Å². The molecule has 0 heterocycles. The Balaban J connectivity index is 1.77. The third-order valence-electron chi connectivity index (χ3n) is 4.59. The maximum absolute atomic E-state index is 12.6. The molecule has 0 fully saturated rings. The molecule has 0 bridgehead atoms. The van der Waals surface area contributed by atoms with E-state index in [4.69, 9.17) is 16.3 Å². The highest BCUT2D eigenvalue weighted by molar-refractivity contribution is 14.1. The smallest absolute Gasteiger partial charge is 0.266 e. The zero-order valence-corrected chi connectivity index (χ0v) is 21.9. The molecule has 3 rings (SSSR count). The Hall–Kier alpha value is -2.34. The van der Waals surface area contributed by atoms with Crippen LogP contribution < -0.4 is 10.1 Å². The van der Waals surface area contributed by atoms with Crippen LogP contribution in [0.3, 0.4) is 0 Å². The van der Waals surface area contributed by atoms with E-state index in [-0.39, 0.29) is 5.57 Å². The summed E-state index contributed by atoms with van der Waals surface area (Å²) in [4.78, 5) is 12.6. The summed E-state index contributed by atoms with van der Waals surface area (Å²) in [5, 5.41) is 12.8. The normalized spacial score (nSPS) is 11.1. The van der Waals surface area contributed by atoms with Gasteiger partial charge >= 0.3 is 0 Å². The third kappa shape index (κ3) is 6.35. The number of ether oxygens (including phenoxy) is 1. The maximum Gasteiger partial charge on any atom is 0.266 e. The van der Waals surface area contributed by atoms with Crippen LogP contribution in [0.4, 0.5) is 5.69 Å². The molecule has 1 N–H and O–H groups in total. The standard InChI is InChI=1S/C25H19BrClIN2O2/c1-15-4-3-5-17(8-15)14-32-24-21(26)10-18(11-23(24)28)9-19(13-29)25(31)30-20-7-6-16(2)22(27)12-20/h3-12H,14H2,1-2H3,(H,30,31)/b19-9-. The van der Waals surface area contributed by atoms with Crippen LogP contribution in [0.5, 0.6) is 5.75 Å². The lowest BCUT2D eigenvalue weighted by Gasteiger charge is -2.12. The quantitative estimate of drug-likeness (QED) is 0.177. The average molecular weight is 622 g/mol. The second-order valence-electron chi connectivity index (χ2n) is 7.18. The summed E-state index contributed by atoms with van der Waals surface area (Å²) in [5.74, 6) is 0.208. The van der Waals surface area contributed by atoms with E-state index in [2.05, 4.69) is 49.9 Å². The molecule has 4 nitrogen and oxygen atoms in total. The number of rotatable bonds is 6. The van der Waals surface area contributed by atoms with E-state index in [0.717, 1.165) is 19.2 Å². The predicted octanol–water partition coefficient (Wildman–Crippen LogP) is 7.45. The molecule has 3 aromatic carbocycles. The lowest BCUT2D eigenvalue weighted by atomic mass is 10.1. The van der Waals surface area contributed by atoms with Crippen LogP contribution in [0.25, 0.3) is 6.08 Å². The molecule has 0 aliphatic carbocycles. The largest absolute Gasteiger partial charge is 0.487 e. The van der Waals surface area contributed by atoms with Crippen LogP contribution in [0, 0.1) is 28.7 Å². The van der Waals surface area contributed by atoms with Gasteiger partial charge < -0.3 is 10.1 Å². The first-order valence-electron chi connectivity index (χ1n) is 9.63. The molecule has 0 saturated heterocycles. The highest BCUT2D eigenvalue weighted by Crippen LogP contribution is 2.33. The number of benzene rings is 3. The lowest BCUT2D eigenvalue weighted by Crippen LogP contribution is -2.13. The van der Waals surface area contributed by atoms with Crippen molar-refractivity contribution < 1.29 is 9.53 Å². The third-order valence-corrected chi connectivity index (χ3v) is 6.39. The van der Waals surface area contributed by atoms with Crippen molar-refractivity contribution in [2.75, 3.05) is 5.32 Å². The molecule has 0 aliphatic heterocycles. The SMILES string of the molecule is Cc1cccc(COc2c(Br)cc(/C=C(/C#N)C(=O)Nc3ccc(C)c(Cl)c3)cc2I)c1. The van der Waals surface area contributed by atoms with Gasteiger partial charge in [-0.25, -0.2) is 0 Å². The molecule has 0 aliphatic rings.